The van der Waals surface area contributed by atoms with Crippen LogP contribution in [0.15, 0.2) is 18.2 Å². The summed E-state index contributed by atoms with van der Waals surface area (Å²) in [6.45, 7) is 3.44. The van der Waals surface area contributed by atoms with Crippen LogP contribution in [0.3, 0.4) is 0 Å². The molecule has 0 spiro atoms. The standard InChI is InChI=1S/C15H19F2NO/c1-2-7-15(8-4-9-18-10-15)14(19)11-5-3-6-12(16)13(11)17/h3,5-6,18H,2,4,7-10H2,1H3. The van der Waals surface area contributed by atoms with Crippen LogP contribution in [0, 0.1) is 17.0 Å². The van der Waals surface area contributed by atoms with Crippen LogP contribution in [-0.2, 0) is 0 Å². The van der Waals surface area contributed by atoms with Crippen molar-refractivity contribution in [2.24, 2.45) is 5.41 Å². The molecular formula is C15H19F2NO. The fourth-order valence-corrected chi connectivity index (χ4v) is 2.93. The Morgan fingerprint density at radius 1 is 1.42 bits per heavy atom. The van der Waals surface area contributed by atoms with Gasteiger partial charge in [-0.2, -0.15) is 0 Å². The summed E-state index contributed by atoms with van der Waals surface area (Å²) in [6, 6.07) is 3.81. The Kier molecular flexibility index (Phi) is 4.30. The van der Waals surface area contributed by atoms with Crippen LogP contribution >= 0.6 is 0 Å². The average Bonchev–Trinajstić information content (AvgIpc) is 2.42. The maximum Gasteiger partial charge on any atom is 0.173 e. The maximum atomic E-state index is 13.8. The molecule has 4 heteroatoms. The smallest absolute Gasteiger partial charge is 0.173 e. The Morgan fingerprint density at radius 2 is 2.21 bits per heavy atom. The lowest BCUT2D eigenvalue weighted by atomic mass is 9.71. The van der Waals surface area contributed by atoms with E-state index >= 15 is 0 Å². The molecule has 104 valence electrons. The topological polar surface area (TPSA) is 29.1 Å². The molecule has 1 aliphatic rings. The molecule has 1 unspecified atom stereocenters. The molecule has 1 aromatic carbocycles. The number of piperidine rings is 1. The van der Waals surface area contributed by atoms with Gasteiger partial charge in [0.25, 0.3) is 0 Å². The molecule has 1 heterocycles. The van der Waals surface area contributed by atoms with Gasteiger partial charge in [0.2, 0.25) is 0 Å². The Morgan fingerprint density at radius 3 is 2.84 bits per heavy atom. The number of Topliss-reactive ketones (excluding diaryl/α,β-unsaturated/α-hetero) is 1. The second-order valence-electron chi connectivity index (χ2n) is 5.24. The van der Waals surface area contributed by atoms with E-state index in [1.54, 1.807) is 0 Å². The van der Waals surface area contributed by atoms with Crippen LogP contribution in [0.5, 0.6) is 0 Å². The van der Waals surface area contributed by atoms with Crippen molar-refractivity contribution in [2.75, 3.05) is 13.1 Å². The van der Waals surface area contributed by atoms with Crippen molar-refractivity contribution in [3.63, 3.8) is 0 Å². The molecule has 0 saturated carbocycles. The third kappa shape index (κ3) is 2.68. The summed E-state index contributed by atoms with van der Waals surface area (Å²) in [5, 5.41) is 3.21. The van der Waals surface area contributed by atoms with Gasteiger partial charge in [-0.1, -0.05) is 19.4 Å². The normalized spacial score (nSPS) is 23.3. The summed E-state index contributed by atoms with van der Waals surface area (Å²) >= 11 is 0. The Balaban J connectivity index is 2.36. The molecule has 0 amide bonds. The molecule has 1 aromatic rings. The Labute approximate surface area is 112 Å². The van der Waals surface area contributed by atoms with E-state index < -0.39 is 17.0 Å². The quantitative estimate of drug-likeness (QED) is 0.848. The number of hydrogen-bond acceptors (Lipinski definition) is 2. The van der Waals surface area contributed by atoms with Crippen LogP contribution < -0.4 is 5.32 Å². The molecule has 2 nitrogen and oxygen atoms in total. The third-order valence-electron chi connectivity index (χ3n) is 3.88. The first-order chi connectivity index (χ1) is 9.10. The number of hydrogen-bond donors (Lipinski definition) is 1. The molecule has 0 radical (unpaired) electrons. The third-order valence-corrected chi connectivity index (χ3v) is 3.88. The fraction of sp³-hybridized carbons (Fsp3) is 0.533. The molecule has 0 bridgehead atoms. The van der Waals surface area contributed by atoms with Crippen molar-refractivity contribution in [3.05, 3.63) is 35.4 Å². The lowest BCUT2D eigenvalue weighted by Crippen LogP contribution is -2.45. The van der Waals surface area contributed by atoms with E-state index in [0.717, 1.165) is 31.9 Å². The van der Waals surface area contributed by atoms with Crippen molar-refractivity contribution in [3.8, 4) is 0 Å². The molecule has 19 heavy (non-hydrogen) atoms. The SMILES string of the molecule is CCCC1(C(=O)c2cccc(F)c2F)CCCNC1. The van der Waals surface area contributed by atoms with Crippen LogP contribution in [0.25, 0.3) is 0 Å². The van der Waals surface area contributed by atoms with Gasteiger partial charge in [-0.15, -0.1) is 0 Å². The number of ketones is 1. The zero-order valence-electron chi connectivity index (χ0n) is 11.1. The van der Waals surface area contributed by atoms with Crippen LogP contribution in [0.1, 0.15) is 43.0 Å². The van der Waals surface area contributed by atoms with Crippen LogP contribution in [0.2, 0.25) is 0 Å². The monoisotopic (exact) mass is 267 g/mol. The molecular weight excluding hydrogens is 248 g/mol. The van der Waals surface area contributed by atoms with Crippen molar-refractivity contribution < 1.29 is 13.6 Å². The predicted molar refractivity (Wildman–Crippen MR) is 70.1 cm³/mol. The van der Waals surface area contributed by atoms with Gasteiger partial charge in [0.05, 0.1) is 5.56 Å². The van der Waals surface area contributed by atoms with Gasteiger partial charge in [0, 0.05) is 12.0 Å². The van der Waals surface area contributed by atoms with E-state index in [1.807, 2.05) is 6.92 Å². The second kappa shape index (κ2) is 5.78. The minimum Gasteiger partial charge on any atom is -0.316 e. The summed E-state index contributed by atoms with van der Waals surface area (Å²) in [5.41, 5.74) is -0.695. The van der Waals surface area contributed by atoms with Gasteiger partial charge in [-0.25, -0.2) is 8.78 Å². The lowest BCUT2D eigenvalue weighted by Gasteiger charge is -2.36. The second-order valence-corrected chi connectivity index (χ2v) is 5.24. The van der Waals surface area contributed by atoms with Gasteiger partial charge in [-0.05, 0) is 37.9 Å². The summed E-state index contributed by atoms with van der Waals surface area (Å²) in [7, 11) is 0. The molecule has 2 rings (SSSR count). The van der Waals surface area contributed by atoms with Gasteiger partial charge in [0.15, 0.2) is 17.4 Å². The van der Waals surface area contributed by atoms with Crippen LogP contribution in [-0.4, -0.2) is 18.9 Å². The minimum absolute atomic E-state index is 0.114. The van der Waals surface area contributed by atoms with Crippen molar-refractivity contribution in [2.45, 2.75) is 32.6 Å². The van der Waals surface area contributed by atoms with E-state index in [0.29, 0.717) is 13.0 Å². The lowest BCUT2D eigenvalue weighted by molar-refractivity contribution is 0.0712. The molecule has 0 aliphatic carbocycles. The highest BCUT2D eigenvalue weighted by Gasteiger charge is 2.40. The number of halogens is 2. The number of rotatable bonds is 4. The highest BCUT2D eigenvalue weighted by atomic mass is 19.2. The maximum absolute atomic E-state index is 13.8. The zero-order chi connectivity index (χ0) is 13.9. The number of benzene rings is 1. The molecule has 1 aliphatic heterocycles. The number of carbonyl (C=O) groups excluding carboxylic acids is 1. The molecule has 1 fully saturated rings. The van der Waals surface area contributed by atoms with E-state index in [9.17, 15) is 13.6 Å². The highest BCUT2D eigenvalue weighted by molar-refractivity contribution is 6.01. The first-order valence-electron chi connectivity index (χ1n) is 6.80. The van der Waals surface area contributed by atoms with E-state index in [-0.39, 0.29) is 11.3 Å². The first kappa shape index (κ1) is 14.1. The van der Waals surface area contributed by atoms with Gasteiger partial charge >= 0.3 is 0 Å². The number of nitrogens with one attached hydrogen (secondary N) is 1. The minimum atomic E-state index is -1.02. The van der Waals surface area contributed by atoms with Crippen molar-refractivity contribution in [1.82, 2.24) is 5.32 Å². The van der Waals surface area contributed by atoms with Crippen molar-refractivity contribution in [1.29, 1.82) is 0 Å². The summed E-state index contributed by atoms with van der Waals surface area (Å²) in [4.78, 5) is 12.6. The number of carbonyl (C=O) groups is 1. The summed E-state index contributed by atoms with van der Waals surface area (Å²) < 4.78 is 27.1. The average molecular weight is 267 g/mol. The van der Waals surface area contributed by atoms with Gasteiger partial charge < -0.3 is 5.32 Å². The predicted octanol–water partition coefficient (Wildman–Crippen LogP) is 3.32. The molecule has 1 N–H and O–H groups in total. The van der Waals surface area contributed by atoms with Gasteiger partial charge in [-0.3, -0.25) is 4.79 Å². The zero-order valence-corrected chi connectivity index (χ0v) is 11.1. The largest absolute Gasteiger partial charge is 0.316 e. The first-order valence-corrected chi connectivity index (χ1v) is 6.80. The molecule has 1 atom stereocenters. The Bertz CT molecular complexity index is 462. The van der Waals surface area contributed by atoms with Crippen molar-refractivity contribution >= 4 is 5.78 Å². The summed E-state index contributed by atoms with van der Waals surface area (Å²) in [6.07, 6.45) is 3.18. The van der Waals surface area contributed by atoms with E-state index in [2.05, 4.69) is 5.32 Å². The van der Waals surface area contributed by atoms with Gasteiger partial charge in [0.1, 0.15) is 0 Å². The highest BCUT2D eigenvalue weighted by Crippen LogP contribution is 2.36. The fourth-order valence-electron chi connectivity index (χ4n) is 2.93. The summed E-state index contributed by atoms with van der Waals surface area (Å²) in [5.74, 6) is -2.24. The van der Waals surface area contributed by atoms with E-state index in [1.165, 1.54) is 12.1 Å². The van der Waals surface area contributed by atoms with Crippen LogP contribution in [0.4, 0.5) is 8.78 Å². The van der Waals surface area contributed by atoms with E-state index in [4.69, 9.17) is 0 Å². The molecule has 1 saturated heterocycles. The Hall–Kier alpha value is -1.29. The molecule has 0 aromatic heterocycles.